The maximum absolute atomic E-state index is 12.0. The third-order valence-corrected chi connectivity index (χ3v) is 4.15. The van der Waals surface area contributed by atoms with Crippen LogP contribution < -0.4 is 22.1 Å². The third-order valence-electron chi connectivity index (χ3n) is 4.15. The first-order chi connectivity index (χ1) is 12.0. The van der Waals surface area contributed by atoms with Crippen molar-refractivity contribution >= 4 is 5.91 Å². The van der Waals surface area contributed by atoms with Crippen molar-refractivity contribution in [1.82, 2.24) is 24.6 Å². The van der Waals surface area contributed by atoms with Crippen LogP contribution in [-0.2, 0) is 30.7 Å². The summed E-state index contributed by atoms with van der Waals surface area (Å²) < 4.78 is 2.63. The summed E-state index contributed by atoms with van der Waals surface area (Å²) in [6, 6.07) is 2.85. The molecule has 0 unspecified atom stereocenters. The average molecular weight is 345 g/mol. The van der Waals surface area contributed by atoms with Crippen LogP contribution in [0.2, 0.25) is 0 Å². The molecule has 9 heteroatoms. The van der Waals surface area contributed by atoms with Crippen molar-refractivity contribution in [2.75, 3.05) is 6.54 Å². The van der Waals surface area contributed by atoms with Gasteiger partial charge in [-0.1, -0.05) is 0 Å². The summed E-state index contributed by atoms with van der Waals surface area (Å²) in [6.07, 6.45) is 4.25. The fraction of sp³-hybridized carbons (Fsp3) is 0.438. The second kappa shape index (κ2) is 7.29. The molecule has 0 saturated heterocycles. The number of hydrogen-bond donors (Lipinski definition) is 2. The SMILES string of the molecule is O=C(CCn1ccc(=O)[nH]c1=O)NCCn1nc2c(cc1=O)CCC2. The Bertz CT molecular complexity index is 956. The number of hydrogen-bond acceptors (Lipinski definition) is 5. The Morgan fingerprint density at radius 1 is 1.24 bits per heavy atom. The van der Waals surface area contributed by atoms with Gasteiger partial charge in [-0.15, -0.1) is 0 Å². The van der Waals surface area contributed by atoms with Crippen molar-refractivity contribution in [1.29, 1.82) is 0 Å². The number of nitrogens with zero attached hydrogens (tertiary/aromatic N) is 3. The van der Waals surface area contributed by atoms with Gasteiger partial charge in [0.2, 0.25) is 5.91 Å². The summed E-state index contributed by atoms with van der Waals surface area (Å²) in [5.74, 6) is -0.243. The Morgan fingerprint density at radius 2 is 2.08 bits per heavy atom. The van der Waals surface area contributed by atoms with Crippen LogP contribution in [0.15, 0.2) is 32.7 Å². The van der Waals surface area contributed by atoms with Gasteiger partial charge in [0, 0.05) is 37.8 Å². The molecule has 0 bridgehead atoms. The van der Waals surface area contributed by atoms with Crippen molar-refractivity contribution in [3.8, 4) is 0 Å². The molecule has 0 fully saturated rings. The highest BCUT2D eigenvalue weighted by atomic mass is 16.2. The van der Waals surface area contributed by atoms with Crippen LogP contribution in [0.25, 0.3) is 0 Å². The number of nitrogens with one attached hydrogen (secondary N) is 2. The number of carbonyl (C=O) groups is 1. The molecular weight excluding hydrogens is 326 g/mol. The first-order valence-corrected chi connectivity index (χ1v) is 8.19. The van der Waals surface area contributed by atoms with Gasteiger partial charge < -0.3 is 9.88 Å². The highest BCUT2D eigenvalue weighted by Gasteiger charge is 2.14. The molecule has 2 aromatic heterocycles. The minimum Gasteiger partial charge on any atom is -0.354 e. The lowest BCUT2D eigenvalue weighted by molar-refractivity contribution is -0.121. The lowest BCUT2D eigenvalue weighted by Crippen LogP contribution is -2.34. The minimum absolute atomic E-state index is 0.0957. The molecule has 9 nitrogen and oxygen atoms in total. The van der Waals surface area contributed by atoms with Gasteiger partial charge in [-0.25, -0.2) is 9.48 Å². The Kier molecular flexibility index (Phi) is 4.92. The predicted molar refractivity (Wildman–Crippen MR) is 89.5 cm³/mol. The number of fused-ring (bicyclic) bond motifs is 1. The molecule has 2 heterocycles. The van der Waals surface area contributed by atoms with E-state index >= 15 is 0 Å². The van der Waals surface area contributed by atoms with Crippen molar-refractivity contribution in [2.45, 2.75) is 38.8 Å². The van der Waals surface area contributed by atoms with Gasteiger partial charge in [-0.3, -0.25) is 19.4 Å². The summed E-state index contributed by atoms with van der Waals surface area (Å²) in [5.41, 5.74) is 0.807. The molecule has 0 atom stereocenters. The summed E-state index contributed by atoms with van der Waals surface area (Å²) >= 11 is 0. The van der Waals surface area contributed by atoms with E-state index < -0.39 is 11.2 Å². The molecule has 2 N–H and O–H groups in total. The predicted octanol–water partition coefficient (Wildman–Crippen LogP) is -1.21. The van der Waals surface area contributed by atoms with Crippen LogP contribution in [0.4, 0.5) is 0 Å². The second-order valence-corrected chi connectivity index (χ2v) is 5.93. The van der Waals surface area contributed by atoms with E-state index in [1.807, 2.05) is 0 Å². The van der Waals surface area contributed by atoms with E-state index in [4.69, 9.17) is 0 Å². The van der Waals surface area contributed by atoms with Crippen molar-refractivity contribution < 1.29 is 4.79 Å². The van der Waals surface area contributed by atoms with Crippen LogP contribution in [0.1, 0.15) is 24.1 Å². The standard InChI is InChI=1S/C16H19N5O4/c22-13(4-7-20-8-5-14(23)18-16(20)25)17-6-9-21-15(24)10-11-2-1-3-12(11)19-21/h5,8,10H,1-4,6-7,9H2,(H,17,22)(H,18,23,25). The number of H-pyrrole nitrogens is 1. The molecule has 25 heavy (non-hydrogen) atoms. The van der Waals surface area contributed by atoms with Crippen LogP contribution in [-0.4, -0.2) is 31.8 Å². The quantitative estimate of drug-likeness (QED) is 0.681. The monoisotopic (exact) mass is 345 g/mol. The Morgan fingerprint density at radius 3 is 2.88 bits per heavy atom. The van der Waals surface area contributed by atoms with Gasteiger partial charge in [0.25, 0.3) is 11.1 Å². The lowest BCUT2D eigenvalue weighted by Gasteiger charge is -2.09. The molecule has 0 spiro atoms. The van der Waals surface area contributed by atoms with Crippen LogP contribution in [0.3, 0.4) is 0 Å². The van der Waals surface area contributed by atoms with Gasteiger partial charge in [0.15, 0.2) is 0 Å². The van der Waals surface area contributed by atoms with E-state index in [9.17, 15) is 19.2 Å². The average Bonchev–Trinajstić information content (AvgIpc) is 3.01. The molecule has 1 aliphatic carbocycles. The van der Waals surface area contributed by atoms with Crippen molar-refractivity contribution in [2.24, 2.45) is 0 Å². The van der Waals surface area contributed by atoms with Crippen molar-refractivity contribution in [3.63, 3.8) is 0 Å². The molecular formula is C16H19N5O4. The molecule has 2 aromatic rings. The fourth-order valence-electron chi connectivity index (χ4n) is 2.83. The third kappa shape index (κ3) is 4.11. The Labute approximate surface area is 142 Å². The van der Waals surface area contributed by atoms with E-state index in [1.165, 1.54) is 21.5 Å². The van der Waals surface area contributed by atoms with Crippen LogP contribution in [0, 0.1) is 0 Å². The molecule has 1 aliphatic rings. The topological polar surface area (TPSA) is 119 Å². The Hall–Kier alpha value is -2.97. The normalized spacial score (nSPS) is 12.8. The van der Waals surface area contributed by atoms with Crippen molar-refractivity contribution in [3.05, 3.63) is 60.8 Å². The lowest BCUT2D eigenvalue weighted by atomic mass is 10.2. The minimum atomic E-state index is -0.547. The number of aromatic nitrogens is 4. The molecule has 0 saturated carbocycles. The molecule has 1 amide bonds. The molecule has 3 rings (SSSR count). The highest BCUT2D eigenvalue weighted by Crippen LogP contribution is 2.16. The van der Waals surface area contributed by atoms with Gasteiger partial charge in [0.05, 0.1) is 12.2 Å². The zero-order chi connectivity index (χ0) is 17.8. The molecule has 132 valence electrons. The number of aryl methyl sites for hydroxylation is 3. The van der Waals surface area contributed by atoms with E-state index in [2.05, 4.69) is 15.4 Å². The number of carbonyl (C=O) groups excluding carboxylic acids is 1. The summed E-state index contributed by atoms with van der Waals surface area (Å²) in [5, 5.41) is 7.04. The zero-order valence-electron chi connectivity index (χ0n) is 13.7. The number of rotatable bonds is 6. The fourth-order valence-corrected chi connectivity index (χ4v) is 2.83. The Balaban J connectivity index is 1.49. The second-order valence-electron chi connectivity index (χ2n) is 5.93. The van der Waals surface area contributed by atoms with Crippen LogP contribution in [0.5, 0.6) is 0 Å². The van der Waals surface area contributed by atoms with Gasteiger partial charge >= 0.3 is 5.69 Å². The summed E-state index contributed by atoms with van der Waals surface area (Å²) in [4.78, 5) is 48.4. The van der Waals surface area contributed by atoms with Gasteiger partial charge in [-0.05, 0) is 24.8 Å². The first-order valence-electron chi connectivity index (χ1n) is 8.19. The van der Waals surface area contributed by atoms with E-state index in [1.54, 1.807) is 6.07 Å². The summed E-state index contributed by atoms with van der Waals surface area (Å²) in [6.45, 7) is 0.750. The molecule has 0 radical (unpaired) electrons. The molecule has 0 aromatic carbocycles. The van der Waals surface area contributed by atoms with Gasteiger partial charge in [-0.2, -0.15) is 5.10 Å². The van der Waals surface area contributed by atoms with E-state index in [0.29, 0.717) is 6.54 Å². The smallest absolute Gasteiger partial charge is 0.328 e. The van der Waals surface area contributed by atoms with Gasteiger partial charge in [0.1, 0.15) is 0 Å². The number of amides is 1. The van der Waals surface area contributed by atoms with E-state index in [0.717, 1.165) is 30.5 Å². The number of aromatic amines is 1. The zero-order valence-corrected chi connectivity index (χ0v) is 13.7. The maximum atomic E-state index is 12.0. The summed E-state index contributed by atoms with van der Waals surface area (Å²) in [7, 11) is 0. The molecule has 0 aliphatic heterocycles. The maximum Gasteiger partial charge on any atom is 0.328 e. The largest absolute Gasteiger partial charge is 0.354 e. The highest BCUT2D eigenvalue weighted by molar-refractivity contribution is 5.75. The van der Waals surface area contributed by atoms with E-state index in [-0.39, 0.29) is 31.0 Å². The van der Waals surface area contributed by atoms with Crippen LogP contribution >= 0.6 is 0 Å². The first kappa shape index (κ1) is 16.9.